The van der Waals surface area contributed by atoms with Crippen molar-refractivity contribution in [2.45, 2.75) is 32.8 Å². The Hall–Kier alpha value is -4.44. The number of hydrogen-bond acceptors (Lipinski definition) is 7. The van der Waals surface area contributed by atoms with Gasteiger partial charge in [0.05, 0.1) is 18.3 Å². The molecule has 0 aliphatic heterocycles. The predicted octanol–water partition coefficient (Wildman–Crippen LogP) is 6.09. The van der Waals surface area contributed by atoms with Gasteiger partial charge in [0.25, 0.3) is 5.89 Å². The summed E-state index contributed by atoms with van der Waals surface area (Å²) in [6, 6.07) is 21.6. The molecule has 1 aromatic heterocycles. The summed E-state index contributed by atoms with van der Waals surface area (Å²) < 4.78 is 17.3. The number of benzene rings is 3. The summed E-state index contributed by atoms with van der Waals surface area (Å²) in [6.45, 7) is 4.32. The zero-order chi connectivity index (χ0) is 24.6. The van der Waals surface area contributed by atoms with Crippen LogP contribution in [0.4, 0.5) is 0 Å². The highest BCUT2D eigenvalue weighted by molar-refractivity contribution is 5.89. The fourth-order valence-corrected chi connectivity index (χ4v) is 3.78. The Balaban J connectivity index is 1.84. The maximum Gasteiger partial charge on any atom is 0.257 e. The molecule has 176 valence electrons. The zero-order valence-electron chi connectivity index (χ0n) is 19.6. The molecule has 0 saturated carbocycles. The van der Waals surface area contributed by atoms with Crippen LogP contribution in [0, 0.1) is 11.3 Å². The van der Waals surface area contributed by atoms with Crippen LogP contribution in [0.1, 0.15) is 32.3 Å². The maximum atomic E-state index is 10.6. The van der Waals surface area contributed by atoms with Crippen LogP contribution in [0.25, 0.3) is 33.7 Å². The second-order valence-corrected chi connectivity index (χ2v) is 8.16. The number of carbonyl (C=O) groups is 1. The van der Waals surface area contributed by atoms with Crippen molar-refractivity contribution in [1.29, 1.82) is 5.26 Å². The molecule has 3 aromatic carbocycles. The molecule has 4 aromatic rings. The highest BCUT2D eigenvalue weighted by Gasteiger charge is 2.20. The molecule has 0 fully saturated rings. The molecule has 4 rings (SSSR count). The SMILES string of the molecule is CC(C)Oc1c(C#N)cc(-c2ncno2)cc1-c1ccccc1-c1cccc(OCCCC=O)c1. The second kappa shape index (κ2) is 11.1. The van der Waals surface area contributed by atoms with Gasteiger partial charge in [0.2, 0.25) is 0 Å². The summed E-state index contributed by atoms with van der Waals surface area (Å²) in [7, 11) is 0. The van der Waals surface area contributed by atoms with E-state index in [1.807, 2.05) is 68.4 Å². The highest BCUT2D eigenvalue weighted by atomic mass is 16.5. The van der Waals surface area contributed by atoms with Crippen molar-refractivity contribution < 1.29 is 18.8 Å². The Morgan fingerprint density at radius 1 is 1.03 bits per heavy atom. The average Bonchev–Trinajstić information content (AvgIpc) is 3.42. The Morgan fingerprint density at radius 3 is 2.57 bits per heavy atom. The molecule has 35 heavy (non-hydrogen) atoms. The Labute approximate surface area is 203 Å². The molecule has 0 spiro atoms. The van der Waals surface area contributed by atoms with Gasteiger partial charge in [-0.15, -0.1) is 0 Å². The smallest absolute Gasteiger partial charge is 0.257 e. The summed E-state index contributed by atoms with van der Waals surface area (Å²) in [5.41, 5.74) is 4.55. The van der Waals surface area contributed by atoms with Gasteiger partial charge in [0.15, 0.2) is 6.33 Å². The topological polar surface area (TPSA) is 98.2 Å². The van der Waals surface area contributed by atoms with Crippen molar-refractivity contribution in [3.8, 4) is 51.3 Å². The van der Waals surface area contributed by atoms with Crippen molar-refractivity contribution in [2.24, 2.45) is 0 Å². The molecule has 0 amide bonds. The van der Waals surface area contributed by atoms with Crippen LogP contribution in [0.3, 0.4) is 0 Å². The van der Waals surface area contributed by atoms with E-state index in [-0.39, 0.29) is 6.10 Å². The van der Waals surface area contributed by atoms with E-state index in [0.29, 0.717) is 42.2 Å². The predicted molar refractivity (Wildman–Crippen MR) is 132 cm³/mol. The molecule has 7 heteroatoms. The lowest BCUT2D eigenvalue weighted by Crippen LogP contribution is -2.08. The van der Waals surface area contributed by atoms with Crippen molar-refractivity contribution in [2.75, 3.05) is 6.61 Å². The minimum atomic E-state index is -0.134. The summed E-state index contributed by atoms with van der Waals surface area (Å²) >= 11 is 0. The Morgan fingerprint density at radius 2 is 1.86 bits per heavy atom. The first-order valence-corrected chi connectivity index (χ1v) is 11.4. The monoisotopic (exact) mass is 467 g/mol. The fourth-order valence-electron chi connectivity index (χ4n) is 3.78. The molecule has 7 nitrogen and oxygen atoms in total. The minimum Gasteiger partial charge on any atom is -0.494 e. The summed E-state index contributed by atoms with van der Waals surface area (Å²) in [4.78, 5) is 14.7. The third-order valence-corrected chi connectivity index (χ3v) is 5.27. The number of nitriles is 1. The average molecular weight is 468 g/mol. The van der Waals surface area contributed by atoms with Gasteiger partial charge in [-0.3, -0.25) is 0 Å². The molecule has 0 unspecified atom stereocenters. The summed E-state index contributed by atoms with van der Waals surface area (Å²) in [5.74, 6) is 1.54. The Bertz CT molecular complexity index is 1340. The summed E-state index contributed by atoms with van der Waals surface area (Å²) in [5, 5.41) is 13.6. The van der Waals surface area contributed by atoms with E-state index in [2.05, 4.69) is 16.2 Å². The van der Waals surface area contributed by atoms with Gasteiger partial charge in [-0.1, -0.05) is 41.6 Å². The third kappa shape index (κ3) is 5.56. The third-order valence-electron chi connectivity index (χ3n) is 5.27. The number of rotatable bonds is 10. The van der Waals surface area contributed by atoms with Crippen LogP contribution in [0.5, 0.6) is 11.5 Å². The number of nitrogens with zero attached hydrogens (tertiary/aromatic N) is 3. The van der Waals surface area contributed by atoms with Gasteiger partial charge in [-0.2, -0.15) is 10.2 Å². The lowest BCUT2D eigenvalue weighted by atomic mass is 9.91. The molecular weight excluding hydrogens is 442 g/mol. The van der Waals surface area contributed by atoms with Crippen molar-refractivity contribution in [3.63, 3.8) is 0 Å². The van der Waals surface area contributed by atoms with E-state index in [4.69, 9.17) is 14.0 Å². The van der Waals surface area contributed by atoms with Crippen molar-refractivity contribution in [1.82, 2.24) is 10.1 Å². The zero-order valence-corrected chi connectivity index (χ0v) is 19.6. The number of aldehydes is 1. The van der Waals surface area contributed by atoms with Crippen LogP contribution in [0.2, 0.25) is 0 Å². The molecule has 0 N–H and O–H groups in total. The van der Waals surface area contributed by atoms with Gasteiger partial charge in [0.1, 0.15) is 23.9 Å². The van der Waals surface area contributed by atoms with Gasteiger partial charge in [-0.25, -0.2) is 0 Å². The van der Waals surface area contributed by atoms with E-state index in [1.165, 1.54) is 6.33 Å². The van der Waals surface area contributed by atoms with Gasteiger partial charge in [0, 0.05) is 17.5 Å². The molecule has 0 saturated heterocycles. The van der Waals surface area contributed by atoms with Crippen LogP contribution in [-0.2, 0) is 4.79 Å². The van der Waals surface area contributed by atoms with E-state index in [0.717, 1.165) is 34.3 Å². The first kappa shape index (κ1) is 23.7. The Kier molecular flexibility index (Phi) is 7.53. The number of unbranched alkanes of at least 4 members (excludes halogenated alkanes) is 1. The second-order valence-electron chi connectivity index (χ2n) is 8.16. The number of ether oxygens (including phenoxy) is 2. The van der Waals surface area contributed by atoms with Crippen molar-refractivity contribution in [3.05, 3.63) is 72.6 Å². The van der Waals surface area contributed by atoms with E-state index in [1.54, 1.807) is 6.07 Å². The molecule has 1 heterocycles. The van der Waals surface area contributed by atoms with Crippen LogP contribution >= 0.6 is 0 Å². The van der Waals surface area contributed by atoms with Crippen LogP contribution < -0.4 is 9.47 Å². The maximum absolute atomic E-state index is 10.6. The van der Waals surface area contributed by atoms with E-state index >= 15 is 0 Å². The van der Waals surface area contributed by atoms with E-state index < -0.39 is 0 Å². The van der Waals surface area contributed by atoms with Gasteiger partial charge >= 0.3 is 0 Å². The van der Waals surface area contributed by atoms with E-state index in [9.17, 15) is 10.1 Å². The standard InChI is InChI=1S/C28H25N3O4/c1-19(2)34-27-22(17-29)14-21(28-30-18-31-35-28)16-26(27)25-11-4-3-10-24(25)20-8-7-9-23(15-20)33-13-6-5-12-32/h3-4,7-12,14-16,18-19H,5-6,13H2,1-2H3. The lowest BCUT2D eigenvalue weighted by molar-refractivity contribution is -0.108. The first-order chi connectivity index (χ1) is 17.1. The lowest BCUT2D eigenvalue weighted by Gasteiger charge is -2.19. The molecular formula is C28H25N3O4. The number of aromatic nitrogens is 2. The quantitative estimate of drug-likeness (QED) is 0.206. The molecule has 0 aliphatic carbocycles. The number of carbonyl (C=O) groups excluding carboxylic acids is 1. The molecule has 0 aliphatic rings. The number of hydrogen-bond donors (Lipinski definition) is 0. The summed E-state index contributed by atoms with van der Waals surface area (Å²) in [6.07, 6.45) is 3.22. The first-order valence-electron chi connectivity index (χ1n) is 11.4. The van der Waals surface area contributed by atoms with Gasteiger partial charge < -0.3 is 18.8 Å². The largest absolute Gasteiger partial charge is 0.494 e. The normalized spacial score (nSPS) is 10.7. The molecule has 0 atom stereocenters. The minimum absolute atomic E-state index is 0.134. The fraction of sp³-hybridized carbons (Fsp3) is 0.214. The van der Waals surface area contributed by atoms with Crippen molar-refractivity contribution >= 4 is 6.29 Å². The van der Waals surface area contributed by atoms with Crippen LogP contribution in [-0.4, -0.2) is 29.1 Å². The highest BCUT2D eigenvalue weighted by Crippen LogP contribution is 2.42. The van der Waals surface area contributed by atoms with Gasteiger partial charge in [-0.05, 0) is 61.2 Å². The van der Waals surface area contributed by atoms with Crippen LogP contribution in [0.15, 0.2) is 71.5 Å². The molecule has 0 bridgehead atoms. The molecule has 0 radical (unpaired) electrons.